The molecule has 0 amide bonds. The molecule has 0 radical (unpaired) electrons. The van der Waals surface area contributed by atoms with Crippen LogP contribution in [0.25, 0.3) is 0 Å². The predicted molar refractivity (Wildman–Crippen MR) is 63.1 cm³/mol. The molecule has 0 aliphatic heterocycles. The molecule has 0 N–H and O–H groups in total. The minimum Gasteiger partial charge on any atom is -0.294 e. The average molecular weight is 223 g/mol. The lowest BCUT2D eigenvalue weighted by Gasteiger charge is -2.23. The van der Waals surface area contributed by atoms with E-state index in [-0.39, 0.29) is 11.6 Å². The first-order chi connectivity index (χ1) is 7.54. The summed E-state index contributed by atoms with van der Waals surface area (Å²) in [5, 5.41) is 0. The average Bonchev–Trinajstić information content (AvgIpc) is 2.26. The lowest BCUT2D eigenvalue weighted by molar-refractivity contribution is 0.0911. The summed E-state index contributed by atoms with van der Waals surface area (Å²) in [4.78, 5) is 13.9. The van der Waals surface area contributed by atoms with Crippen LogP contribution < -0.4 is 0 Å². The number of hydrogen-bond acceptors (Lipinski definition) is 2. The van der Waals surface area contributed by atoms with Crippen LogP contribution >= 0.6 is 0 Å². The van der Waals surface area contributed by atoms with Gasteiger partial charge in [0.15, 0.2) is 5.78 Å². The van der Waals surface area contributed by atoms with E-state index in [1.165, 1.54) is 24.3 Å². The Hall–Kier alpha value is -1.22. The molecule has 1 rings (SSSR count). The molecule has 0 saturated carbocycles. The number of nitrogens with zero attached hydrogens (tertiary/aromatic N) is 1. The Kier molecular flexibility index (Phi) is 4.62. The Balaban J connectivity index is 2.68. The van der Waals surface area contributed by atoms with E-state index in [9.17, 15) is 9.18 Å². The van der Waals surface area contributed by atoms with E-state index in [0.29, 0.717) is 18.2 Å². The Morgan fingerprint density at radius 3 is 2.31 bits per heavy atom. The van der Waals surface area contributed by atoms with Crippen molar-refractivity contribution in [1.29, 1.82) is 0 Å². The summed E-state index contributed by atoms with van der Waals surface area (Å²) in [6.45, 7) is 7.37. The molecular formula is C13H18FNO. The maximum atomic E-state index is 12.7. The minimum atomic E-state index is -0.312. The molecule has 0 atom stereocenters. The third-order valence-corrected chi connectivity index (χ3v) is 2.65. The molecular weight excluding hydrogens is 205 g/mol. The van der Waals surface area contributed by atoms with Crippen LogP contribution in [-0.4, -0.2) is 29.8 Å². The minimum absolute atomic E-state index is 0.0375. The number of rotatable bonds is 5. The van der Waals surface area contributed by atoms with Gasteiger partial charge in [0.1, 0.15) is 5.82 Å². The number of carbonyl (C=O) groups excluding carboxylic acids is 1. The number of halogens is 1. The quantitative estimate of drug-likeness (QED) is 0.715. The van der Waals surface area contributed by atoms with Gasteiger partial charge in [-0.25, -0.2) is 4.39 Å². The number of likely N-dealkylation sites (N-methyl/N-ethyl adjacent to an activating group) is 1. The zero-order valence-electron chi connectivity index (χ0n) is 10.0. The van der Waals surface area contributed by atoms with Crippen molar-refractivity contribution in [2.45, 2.75) is 26.8 Å². The summed E-state index contributed by atoms with van der Waals surface area (Å²) in [6, 6.07) is 6.05. The number of carbonyl (C=O) groups is 1. The second-order valence-electron chi connectivity index (χ2n) is 4.09. The highest BCUT2D eigenvalue weighted by molar-refractivity contribution is 5.97. The zero-order chi connectivity index (χ0) is 12.1. The van der Waals surface area contributed by atoms with Gasteiger partial charge in [0.2, 0.25) is 0 Å². The highest BCUT2D eigenvalue weighted by atomic mass is 19.1. The van der Waals surface area contributed by atoms with Crippen molar-refractivity contribution in [2.75, 3.05) is 13.1 Å². The van der Waals surface area contributed by atoms with Gasteiger partial charge in [-0.15, -0.1) is 0 Å². The molecule has 0 heterocycles. The molecule has 0 aliphatic carbocycles. The molecule has 0 aliphatic rings. The predicted octanol–water partition coefficient (Wildman–Crippen LogP) is 2.74. The fraction of sp³-hybridized carbons (Fsp3) is 0.462. The Morgan fingerprint density at radius 1 is 1.31 bits per heavy atom. The second-order valence-corrected chi connectivity index (χ2v) is 4.09. The molecule has 0 fully saturated rings. The molecule has 0 aromatic heterocycles. The van der Waals surface area contributed by atoms with Crippen molar-refractivity contribution in [2.24, 2.45) is 0 Å². The van der Waals surface area contributed by atoms with E-state index >= 15 is 0 Å². The van der Waals surface area contributed by atoms with Crippen molar-refractivity contribution in [3.63, 3.8) is 0 Å². The molecule has 1 aromatic carbocycles. The van der Waals surface area contributed by atoms with Crippen molar-refractivity contribution in [3.8, 4) is 0 Å². The first-order valence-electron chi connectivity index (χ1n) is 5.57. The van der Waals surface area contributed by atoms with Crippen molar-refractivity contribution < 1.29 is 9.18 Å². The standard InChI is InChI=1S/C13H18FNO/c1-4-15(10(2)3)9-13(16)11-5-7-12(14)8-6-11/h5-8,10H,4,9H2,1-3H3. The molecule has 0 bridgehead atoms. The summed E-state index contributed by atoms with van der Waals surface area (Å²) in [5.41, 5.74) is 0.570. The van der Waals surface area contributed by atoms with Gasteiger partial charge in [-0.05, 0) is 44.7 Å². The smallest absolute Gasteiger partial charge is 0.176 e. The summed E-state index contributed by atoms with van der Waals surface area (Å²) >= 11 is 0. The maximum absolute atomic E-state index is 12.7. The van der Waals surface area contributed by atoms with Gasteiger partial charge in [-0.3, -0.25) is 9.69 Å². The molecule has 3 heteroatoms. The van der Waals surface area contributed by atoms with E-state index in [1.54, 1.807) is 0 Å². The third-order valence-electron chi connectivity index (χ3n) is 2.65. The van der Waals surface area contributed by atoms with Gasteiger partial charge < -0.3 is 0 Å². The third kappa shape index (κ3) is 3.42. The fourth-order valence-electron chi connectivity index (χ4n) is 1.57. The van der Waals surface area contributed by atoms with Crippen LogP contribution in [0, 0.1) is 5.82 Å². The lowest BCUT2D eigenvalue weighted by atomic mass is 10.1. The highest BCUT2D eigenvalue weighted by Crippen LogP contribution is 2.06. The van der Waals surface area contributed by atoms with E-state index < -0.39 is 0 Å². The van der Waals surface area contributed by atoms with Crippen LogP contribution in [0.2, 0.25) is 0 Å². The van der Waals surface area contributed by atoms with Crippen molar-refractivity contribution in [1.82, 2.24) is 4.90 Å². The molecule has 2 nitrogen and oxygen atoms in total. The van der Waals surface area contributed by atoms with Crippen LogP contribution in [0.5, 0.6) is 0 Å². The number of hydrogen-bond donors (Lipinski definition) is 0. The molecule has 0 saturated heterocycles. The van der Waals surface area contributed by atoms with E-state index in [1.807, 2.05) is 6.92 Å². The number of Topliss-reactive ketones (excluding diaryl/α,β-unsaturated/α-hetero) is 1. The van der Waals surface area contributed by atoms with Crippen molar-refractivity contribution >= 4 is 5.78 Å². The molecule has 88 valence electrons. The Bertz CT molecular complexity index is 345. The summed E-state index contributed by atoms with van der Waals surface area (Å²) < 4.78 is 12.7. The second kappa shape index (κ2) is 5.75. The van der Waals surface area contributed by atoms with Crippen LogP contribution in [-0.2, 0) is 0 Å². The van der Waals surface area contributed by atoms with Gasteiger partial charge in [0.05, 0.1) is 6.54 Å². The molecule has 0 unspecified atom stereocenters. The zero-order valence-corrected chi connectivity index (χ0v) is 10.0. The normalized spacial score (nSPS) is 11.1. The molecule has 16 heavy (non-hydrogen) atoms. The fourth-order valence-corrected chi connectivity index (χ4v) is 1.57. The first-order valence-corrected chi connectivity index (χ1v) is 5.57. The van der Waals surface area contributed by atoms with Gasteiger partial charge in [0, 0.05) is 11.6 Å². The van der Waals surface area contributed by atoms with E-state index in [0.717, 1.165) is 6.54 Å². The monoisotopic (exact) mass is 223 g/mol. The van der Waals surface area contributed by atoms with Gasteiger partial charge in [0.25, 0.3) is 0 Å². The lowest BCUT2D eigenvalue weighted by Crippen LogP contribution is -2.35. The van der Waals surface area contributed by atoms with Crippen LogP contribution in [0.3, 0.4) is 0 Å². The molecule has 0 spiro atoms. The van der Waals surface area contributed by atoms with E-state index in [2.05, 4.69) is 18.7 Å². The number of ketones is 1. The summed E-state index contributed by atoms with van der Waals surface area (Å²) in [7, 11) is 0. The van der Waals surface area contributed by atoms with Gasteiger partial charge in [-0.2, -0.15) is 0 Å². The van der Waals surface area contributed by atoms with Crippen LogP contribution in [0.4, 0.5) is 4.39 Å². The highest BCUT2D eigenvalue weighted by Gasteiger charge is 2.13. The summed E-state index contributed by atoms with van der Waals surface area (Å²) in [5.74, 6) is -0.275. The first kappa shape index (κ1) is 12.8. The largest absolute Gasteiger partial charge is 0.294 e. The van der Waals surface area contributed by atoms with Gasteiger partial charge in [-0.1, -0.05) is 6.92 Å². The summed E-state index contributed by atoms with van der Waals surface area (Å²) in [6.07, 6.45) is 0. The maximum Gasteiger partial charge on any atom is 0.176 e. The Labute approximate surface area is 96.1 Å². The SMILES string of the molecule is CCN(CC(=O)c1ccc(F)cc1)C(C)C. The molecule has 1 aromatic rings. The van der Waals surface area contributed by atoms with Crippen LogP contribution in [0.15, 0.2) is 24.3 Å². The Morgan fingerprint density at radius 2 is 1.88 bits per heavy atom. The van der Waals surface area contributed by atoms with E-state index in [4.69, 9.17) is 0 Å². The topological polar surface area (TPSA) is 20.3 Å². The number of benzene rings is 1. The van der Waals surface area contributed by atoms with Crippen molar-refractivity contribution in [3.05, 3.63) is 35.6 Å². The van der Waals surface area contributed by atoms with Gasteiger partial charge >= 0.3 is 0 Å². The van der Waals surface area contributed by atoms with Crippen LogP contribution in [0.1, 0.15) is 31.1 Å².